The van der Waals surface area contributed by atoms with Gasteiger partial charge in [-0.1, -0.05) is 26.3 Å². The number of aliphatic hydroxyl groups is 1. The van der Waals surface area contributed by atoms with Crippen molar-refractivity contribution >= 4 is 11.0 Å². The number of benzene rings is 1. The van der Waals surface area contributed by atoms with Crippen molar-refractivity contribution in [3.8, 4) is 0 Å². The number of hydrogen-bond donors (Lipinski definition) is 3. The lowest BCUT2D eigenvalue weighted by molar-refractivity contribution is 0.0532. The van der Waals surface area contributed by atoms with Crippen LogP contribution in [-0.2, 0) is 0 Å². The fourth-order valence-electron chi connectivity index (χ4n) is 3.41. The van der Waals surface area contributed by atoms with Crippen molar-refractivity contribution < 1.29 is 5.11 Å². The van der Waals surface area contributed by atoms with Crippen molar-refractivity contribution in [1.82, 2.24) is 9.97 Å². The van der Waals surface area contributed by atoms with E-state index in [2.05, 4.69) is 23.8 Å². The van der Waals surface area contributed by atoms with Crippen molar-refractivity contribution in [1.29, 1.82) is 0 Å². The summed E-state index contributed by atoms with van der Waals surface area (Å²) in [5.41, 5.74) is 2.41. The number of aromatic amines is 2. The SMILES string of the molecule is CC1(C)CCCC1C(O)c1ccc2[nH]c(=O)[nH]c2c1. The molecule has 4 nitrogen and oxygen atoms in total. The van der Waals surface area contributed by atoms with E-state index in [4.69, 9.17) is 0 Å². The molecule has 1 fully saturated rings. The van der Waals surface area contributed by atoms with Crippen LogP contribution in [0.5, 0.6) is 0 Å². The number of fused-ring (bicyclic) bond motifs is 1. The van der Waals surface area contributed by atoms with E-state index in [9.17, 15) is 9.90 Å². The van der Waals surface area contributed by atoms with Crippen LogP contribution in [0.15, 0.2) is 23.0 Å². The molecule has 1 saturated carbocycles. The summed E-state index contributed by atoms with van der Waals surface area (Å²) in [6.07, 6.45) is 2.95. The normalized spacial score (nSPS) is 23.8. The van der Waals surface area contributed by atoms with Gasteiger partial charge in [-0.3, -0.25) is 0 Å². The summed E-state index contributed by atoms with van der Waals surface area (Å²) in [4.78, 5) is 16.7. The lowest BCUT2D eigenvalue weighted by atomic mass is 9.77. The molecule has 0 aliphatic heterocycles. The molecular formula is C15H20N2O2. The molecule has 1 aromatic carbocycles. The van der Waals surface area contributed by atoms with Crippen molar-refractivity contribution in [2.24, 2.45) is 11.3 Å². The minimum Gasteiger partial charge on any atom is -0.388 e. The van der Waals surface area contributed by atoms with Gasteiger partial charge in [-0.05, 0) is 41.9 Å². The largest absolute Gasteiger partial charge is 0.388 e. The highest BCUT2D eigenvalue weighted by Gasteiger charge is 2.39. The molecule has 19 heavy (non-hydrogen) atoms. The summed E-state index contributed by atoms with van der Waals surface area (Å²) in [6.45, 7) is 4.45. The zero-order chi connectivity index (χ0) is 13.6. The van der Waals surface area contributed by atoms with Gasteiger partial charge in [0.05, 0.1) is 17.1 Å². The molecule has 0 spiro atoms. The Morgan fingerprint density at radius 2 is 2.05 bits per heavy atom. The number of H-pyrrole nitrogens is 2. The van der Waals surface area contributed by atoms with Gasteiger partial charge in [0.15, 0.2) is 0 Å². The van der Waals surface area contributed by atoms with Crippen LogP contribution in [0.2, 0.25) is 0 Å². The summed E-state index contributed by atoms with van der Waals surface area (Å²) in [6, 6.07) is 5.64. The number of rotatable bonds is 2. The summed E-state index contributed by atoms with van der Waals surface area (Å²) in [7, 11) is 0. The molecule has 2 aromatic rings. The minimum atomic E-state index is -0.458. The van der Waals surface area contributed by atoms with Crippen LogP contribution in [0.4, 0.5) is 0 Å². The number of aliphatic hydroxyl groups excluding tert-OH is 1. The molecule has 2 unspecified atom stereocenters. The Bertz CT molecular complexity index is 653. The maximum atomic E-state index is 11.3. The maximum Gasteiger partial charge on any atom is 0.323 e. The van der Waals surface area contributed by atoms with Crippen LogP contribution in [-0.4, -0.2) is 15.1 Å². The number of aromatic nitrogens is 2. The molecule has 102 valence electrons. The van der Waals surface area contributed by atoms with E-state index in [1.165, 1.54) is 6.42 Å². The molecule has 0 bridgehead atoms. The molecule has 2 atom stereocenters. The molecule has 1 aliphatic rings. The van der Waals surface area contributed by atoms with E-state index >= 15 is 0 Å². The highest BCUT2D eigenvalue weighted by molar-refractivity contribution is 5.75. The van der Waals surface area contributed by atoms with Crippen LogP contribution in [0.3, 0.4) is 0 Å². The second kappa shape index (κ2) is 4.23. The van der Waals surface area contributed by atoms with Gasteiger partial charge in [0.25, 0.3) is 0 Å². The van der Waals surface area contributed by atoms with E-state index in [1.54, 1.807) is 0 Å². The number of nitrogens with one attached hydrogen (secondary N) is 2. The Labute approximate surface area is 111 Å². The van der Waals surface area contributed by atoms with Gasteiger partial charge < -0.3 is 15.1 Å². The van der Waals surface area contributed by atoms with Gasteiger partial charge in [-0.15, -0.1) is 0 Å². The third-order valence-electron chi connectivity index (χ3n) is 4.60. The molecule has 3 N–H and O–H groups in total. The van der Waals surface area contributed by atoms with E-state index in [-0.39, 0.29) is 17.0 Å². The van der Waals surface area contributed by atoms with Gasteiger partial charge in [0.1, 0.15) is 0 Å². The Morgan fingerprint density at radius 1 is 1.32 bits per heavy atom. The highest BCUT2D eigenvalue weighted by atomic mass is 16.3. The molecule has 1 heterocycles. The minimum absolute atomic E-state index is 0.180. The van der Waals surface area contributed by atoms with Crippen LogP contribution in [0.1, 0.15) is 44.8 Å². The van der Waals surface area contributed by atoms with Crippen LogP contribution >= 0.6 is 0 Å². The van der Waals surface area contributed by atoms with Gasteiger partial charge in [0, 0.05) is 0 Å². The summed E-state index contributed by atoms with van der Waals surface area (Å²) < 4.78 is 0. The zero-order valence-electron chi connectivity index (χ0n) is 11.4. The summed E-state index contributed by atoms with van der Waals surface area (Å²) in [5, 5.41) is 10.6. The lowest BCUT2D eigenvalue weighted by Gasteiger charge is -2.31. The third kappa shape index (κ3) is 2.10. The van der Waals surface area contributed by atoms with Gasteiger partial charge in [-0.2, -0.15) is 0 Å². The van der Waals surface area contributed by atoms with Gasteiger partial charge in [0.2, 0.25) is 0 Å². The Balaban J connectivity index is 1.97. The highest BCUT2D eigenvalue weighted by Crippen LogP contribution is 2.48. The van der Waals surface area contributed by atoms with Crippen molar-refractivity contribution in [3.63, 3.8) is 0 Å². The molecule has 0 amide bonds. The average Bonchev–Trinajstić information content (AvgIpc) is 2.88. The molecule has 0 saturated heterocycles. The Morgan fingerprint density at radius 3 is 2.74 bits per heavy atom. The number of imidazole rings is 1. The maximum absolute atomic E-state index is 11.3. The standard InChI is InChI=1S/C15H20N2O2/c1-15(2)7-3-4-10(15)13(18)9-5-6-11-12(8-9)17-14(19)16-11/h5-6,8,10,13,18H,3-4,7H2,1-2H3,(H2,16,17,19). The smallest absolute Gasteiger partial charge is 0.323 e. The van der Waals surface area contributed by atoms with Crippen LogP contribution in [0, 0.1) is 11.3 Å². The van der Waals surface area contributed by atoms with Crippen LogP contribution < -0.4 is 5.69 Å². The first-order valence-electron chi connectivity index (χ1n) is 6.87. The molecule has 4 heteroatoms. The molecule has 3 rings (SSSR count). The topological polar surface area (TPSA) is 68.9 Å². The van der Waals surface area contributed by atoms with E-state index in [0.29, 0.717) is 0 Å². The zero-order valence-corrected chi connectivity index (χ0v) is 11.4. The predicted octanol–water partition coefficient (Wildman–Crippen LogP) is 2.72. The van der Waals surface area contributed by atoms with Gasteiger partial charge in [-0.25, -0.2) is 4.79 Å². The average molecular weight is 260 g/mol. The fourth-order valence-corrected chi connectivity index (χ4v) is 3.41. The molecule has 1 aromatic heterocycles. The molecular weight excluding hydrogens is 240 g/mol. The molecule has 1 aliphatic carbocycles. The van der Waals surface area contributed by atoms with Crippen LogP contribution in [0.25, 0.3) is 11.0 Å². The summed E-state index contributed by atoms with van der Waals surface area (Å²) in [5.74, 6) is 0.288. The second-order valence-corrected chi connectivity index (χ2v) is 6.32. The van der Waals surface area contributed by atoms with E-state index < -0.39 is 6.10 Å². The van der Waals surface area contributed by atoms with Crippen molar-refractivity contribution in [3.05, 3.63) is 34.2 Å². The van der Waals surface area contributed by atoms with Crippen molar-refractivity contribution in [2.45, 2.75) is 39.2 Å². The Kier molecular flexibility index (Phi) is 2.78. The fraction of sp³-hybridized carbons (Fsp3) is 0.533. The first kappa shape index (κ1) is 12.5. The third-order valence-corrected chi connectivity index (χ3v) is 4.60. The van der Waals surface area contributed by atoms with E-state index in [1.807, 2.05) is 18.2 Å². The summed E-state index contributed by atoms with van der Waals surface area (Å²) >= 11 is 0. The van der Waals surface area contributed by atoms with E-state index in [0.717, 1.165) is 29.4 Å². The first-order valence-corrected chi connectivity index (χ1v) is 6.87. The monoisotopic (exact) mass is 260 g/mol. The van der Waals surface area contributed by atoms with Crippen molar-refractivity contribution in [2.75, 3.05) is 0 Å². The second-order valence-electron chi connectivity index (χ2n) is 6.32. The quantitative estimate of drug-likeness (QED) is 0.777. The van der Waals surface area contributed by atoms with Gasteiger partial charge >= 0.3 is 5.69 Å². The predicted molar refractivity (Wildman–Crippen MR) is 75.0 cm³/mol. The Hall–Kier alpha value is -1.55. The number of hydrogen-bond acceptors (Lipinski definition) is 2. The lowest BCUT2D eigenvalue weighted by Crippen LogP contribution is -2.24. The first-order chi connectivity index (χ1) is 8.97. The molecule has 0 radical (unpaired) electrons.